The van der Waals surface area contributed by atoms with Crippen LogP contribution in [0.15, 0.2) is 21.1 Å². The number of benzene rings is 1. The molecule has 2 rings (SSSR count). The van der Waals surface area contributed by atoms with Crippen LogP contribution in [0.4, 0.5) is 8.78 Å². The molecule has 2 aromatic rings. The number of aromatic nitrogens is 2. The zero-order valence-corrected chi connectivity index (χ0v) is 9.46. The lowest BCUT2D eigenvalue weighted by molar-refractivity contribution is 0.380. The van der Waals surface area contributed by atoms with Gasteiger partial charge in [-0.05, 0) is 28.1 Å². The van der Waals surface area contributed by atoms with Crippen LogP contribution in [-0.4, -0.2) is 10.1 Å². The maximum absolute atomic E-state index is 13.5. The van der Waals surface area contributed by atoms with E-state index in [4.69, 9.17) is 10.3 Å². The molecular formula is C9H6BrF2N3O. The summed E-state index contributed by atoms with van der Waals surface area (Å²) >= 11 is 2.87. The lowest BCUT2D eigenvalue weighted by Gasteiger charge is -2.00. The molecule has 0 radical (unpaired) electrons. The fourth-order valence-electron chi connectivity index (χ4n) is 1.15. The Morgan fingerprint density at radius 1 is 1.31 bits per heavy atom. The van der Waals surface area contributed by atoms with Crippen LogP contribution in [0.1, 0.15) is 5.89 Å². The highest BCUT2D eigenvalue weighted by Crippen LogP contribution is 2.26. The smallest absolute Gasteiger partial charge is 0.240 e. The van der Waals surface area contributed by atoms with Gasteiger partial charge in [0.1, 0.15) is 0 Å². The van der Waals surface area contributed by atoms with Crippen LogP contribution < -0.4 is 5.73 Å². The van der Waals surface area contributed by atoms with E-state index in [9.17, 15) is 8.78 Å². The van der Waals surface area contributed by atoms with Gasteiger partial charge in [0.15, 0.2) is 11.6 Å². The molecule has 0 amide bonds. The Bertz CT molecular complexity index is 529. The molecule has 0 aliphatic heterocycles. The standard InChI is InChI=1S/C9H6BrF2N3O/c10-5-2-1-4(7(11)8(5)12)9-14-6(3-13)16-15-9/h1-2H,3,13H2. The zero-order valence-electron chi connectivity index (χ0n) is 7.88. The Hall–Kier alpha value is -1.34. The second-order valence-corrected chi connectivity index (χ2v) is 3.79. The first-order valence-corrected chi connectivity index (χ1v) is 5.09. The molecular weight excluding hydrogens is 284 g/mol. The first kappa shape index (κ1) is 11.2. The summed E-state index contributed by atoms with van der Waals surface area (Å²) < 4.78 is 31.5. The van der Waals surface area contributed by atoms with E-state index in [0.29, 0.717) is 0 Å². The highest BCUT2D eigenvalue weighted by atomic mass is 79.9. The van der Waals surface area contributed by atoms with E-state index in [1.807, 2.05) is 0 Å². The first-order chi connectivity index (χ1) is 7.63. The van der Waals surface area contributed by atoms with Gasteiger partial charge in [0.05, 0.1) is 16.6 Å². The van der Waals surface area contributed by atoms with Crippen LogP contribution in [0.2, 0.25) is 0 Å². The van der Waals surface area contributed by atoms with E-state index in [0.717, 1.165) is 0 Å². The van der Waals surface area contributed by atoms with Gasteiger partial charge in [-0.3, -0.25) is 0 Å². The van der Waals surface area contributed by atoms with Crippen molar-refractivity contribution in [2.75, 3.05) is 0 Å². The van der Waals surface area contributed by atoms with Crippen molar-refractivity contribution >= 4 is 15.9 Å². The number of nitrogens with zero attached hydrogens (tertiary/aromatic N) is 2. The SMILES string of the molecule is NCc1nc(-c2ccc(Br)c(F)c2F)no1. The second kappa shape index (κ2) is 4.26. The number of rotatable bonds is 2. The van der Waals surface area contributed by atoms with Crippen LogP contribution >= 0.6 is 15.9 Å². The lowest BCUT2D eigenvalue weighted by Crippen LogP contribution is -1.96. The topological polar surface area (TPSA) is 64.9 Å². The van der Waals surface area contributed by atoms with E-state index >= 15 is 0 Å². The molecule has 1 aromatic carbocycles. The van der Waals surface area contributed by atoms with Crippen LogP contribution in [0.25, 0.3) is 11.4 Å². The Balaban J connectivity index is 2.52. The molecule has 2 N–H and O–H groups in total. The van der Waals surface area contributed by atoms with Gasteiger partial charge in [0.2, 0.25) is 11.7 Å². The molecule has 0 aliphatic rings. The minimum Gasteiger partial charge on any atom is -0.338 e. The molecule has 0 fully saturated rings. The summed E-state index contributed by atoms with van der Waals surface area (Å²) in [5.41, 5.74) is 5.20. The van der Waals surface area contributed by atoms with E-state index in [1.165, 1.54) is 12.1 Å². The Morgan fingerprint density at radius 3 is 2.69 bits per heavy atom. The molecule has 0 spiro atoms. The molecule has 0 saturated carbocycles. The molecule has 0 atom stereocenters. The number of hydrogen-bond donors (Lipinski definition) is 1. The fraction of sp³-hybridized carbons (Fsp3) is 0.111. The molecule has 0 saturated heterocycles. The number of hydrogen-bond acceptors (Lipinski definition) is 4. The van der Waals surface area contributed by atoms with Gasteiger partial charge in [-0.1, -0.05) is 5.16 Å². The molecule has 84 valence electrons. The summed E-state index contributed by atoms with van der Waals surface area (Å²) in [4.78, 5) is 3.81. The summed E-state index contributed by atoms with van der Waals surface area (Å²) in [6.07, 6.45) is 0. The summed E-state index contributed by atoms with van der Waals surface area (Å²) in [5, 5.41) is 3.50. The van der Waals surface area contributed by atoms with Crippen LogP contribution in [0.3, 0.4) is 0 Å². The third kappa shape index (κ3) is 1.83. The zero-order chi connectivity index (χ0) is 11.7. The molecule has 4 nitrogen and oxygen atoms in total. The average molecular weight is 290 g/mol. The predicted molar refractivity (Wildman–Crippen MR) is 55.2 cm³/mol. The first-order valence-electron chi connectivity index (χ1n) is 4.30. The average Bonchev–Trinajstić information content (AvgIpc) is 2.74. The van der Waals surface area contributed by atoms with Crippen molar-refractivity contribution in [3.05, 3.63) is 34.1 Å². The van der Waals surface area contributed by atoms with E-state index in [2.05, 4.69) is 26.1 Å². The number of nitrogens with two attached hydrogens (primary N) is 1. The quantitative estimate of drug-likeness (QED) is 0.861. The molecule has 0 bridgehead atoms. The Kier molecular flexibility index (Phi) is 2.97. The summed E-state index contributed by atoms with van der Waals surface area (Å²) in [5.74, 6) is -1.88. The van der Waals surface area contributed by atoms with Gasteiger partial charge in [-0.15, -0.1) is 0 Å². The van der Waals surface area contributed by atoms with Crippen LogP contribution in [0.5, 0.6) is 0 Å². The van der Waals surface area contributed by atoms with Crippen molar-refractivity contribution in [1.29, 1.82) is 0 Å². The third-order valence-corrected chi connectivity index (χ3v) is 2.53. The van der Waals surface area contributed by atoms with Crippen molar-refractivity contribution in [3.63, 3.8) is 0 Å². The van der Waals surface area contributed by atoms with Crippen molar-refractivity contribution in [2.24, 2.45) is 5.73 Å². The monoisotopic (exact) mass is 289 g/mol. The summed E-state index contributed by atoms with van der Waals surface area (Å²) in [7, 11) is 0. The predicted octanol–water partition coefficient (Wildman–Crippen LogP) is 2.24. The summed E-state index contributed by atoms with van der Waals surface area (Å²) in [6.45, 7) is 0.0492. The molecule has 1 aromatic heterocycles. The van der Waals surface area contributed by atoms with Crippen molar-refractivity contribution in [3.8, 4) is 11.4 Å². The Labute approximate surface area is 97.6 Å². The van der Waals surface area contributed by atoms with E-state index in [-0.39, 0.29) is 28.3 Å². The molecule has 0 unspecified atom stereocenters. The number of halogens is 3. The van der Waals surface area contributed by atoms with Gasteiger partial charge in [0.25, 0.3) is 0 Å². The van der Waals surface area contributed by atoms with Gasteiger partial charge < -0.3 is 10.3 Å². The Morgan fingerprint density at radius 2 is 2.06 bits per heavy atom. The minimum atomic E-state index is -1.03. The van der Waals surface area contributed by atoms with Gasteiger partial charge in [-0.25, -0.2) is 8.78 Å². The lowest BCUT2D eigenvalue weighted by atomic mass is 10.2. The normalized spacial score (nSPS) is 10.8. The van der Waals surface area contributed by atoms with Gasteiger partial charge in [-0.2, -0.15) is 4.98 Å². The largest absolute Gasteiger partial charge is 0.338 e. The molecule has 16 heavy (non-hydrogen) atoms. The fourth-order valence-corrected chi connectivity index (χ4v) is 1.45. The highest BCUT2D eigenvalue weighted by molar-refractivity contribution is 9.10. The van der Waals surface area contributed by atoms with E-state index in [1.54, 1.807) is 0 Å². The van der Waals surface area contributed by atoms with Crippen LogP contribution in [-0.2, 0) is 6.54 Å². The molecule has 1 heterocycles. The van der Waals surface area contributed by atoms with Crippen LogP contribution in [0, 0.1) is 11.6 Å². The van der Waals surface area contributed by atoms with Crippen molar-refractivity contribution < 1.29 is 13.3 Å². The minimum absolute atomic E-state index is 0.0237. The van der Waals surface area contributed by atoms with Crippen molar-refractivity contribution in [2.45, 2.75) is 6.54 Å². The van der Waals surface area contributed by atoms with Crippen molar-refractivity contribution in [1.82, 2.24) is 10.1 Å². The maximum Gasteiger partial charge on any atom is 0.240 e. The third-order valence-electron chi connectivity index (χ3n) is 1.92. The summed E-state index contributed by atoms with van der Waals surface area (Å²) in [6, 6.07) is 2.72. The van der Waals surface area contributed by atoms with Gasteiger partial charge in [0, 0.05) is 0 Å². The molecule has 7 heteroatoms. The van der Waals surface area contributed by atoms with E-state index < -0.39 is 11.6 Å². The maximum atomic E-state index is 13.5. The van der Waals surface area contributed by atoms with Gasteiger partial charge >= 0.3 is 0 Å². The second-order valence-electron chi connectivity index (χ2n) is 2.94. The highest BCUT2D eigenvalue weighted by Gasteiger charge is 2.17. The molecule has 0 aliphatic carbocycles.